The van der Waals surface area contributed by atoms with Gasteiger partial charge >= 0.3 is 0 Å². The first-order valence-electron chi connectivity index (χ1n) is 14.0. The summed E-state index contributed by atoms with van der Waals surface area (Å²) in [7, 11) is 1.46. The molecule has 1 aliphatic heterocycles. The number of carbonyl (C=O) groups is 1. The van der Waals surface area contributed by atoms with E-state index in [2.05, 4.69) is 4.90 Å². The fraction of sp³-hybridized carbons (Fsp3) is 0.387. The summed E-state index contributed by atoms with van der Waals surface area (Å²) in [6, 6.07) is 13.2. The lowest BCUT2D eigenvalue weighted by atomic mass is 9.96. The van der Waals surface area contributed by atoms with Gasteiger partial charge in [-0.2, -0.15) is 5.26 Å². The third-order valence-corrected chi connectivity index (χ3v) is 7.34. The van der Waals surface area contributed by atoms with Gasteiger partial charge in [-0.1, -0.05) is 25.0 Å². The number of methoxy groups -OCH3 is 1. The molecule has 0 atom stereocenters. The summed E-state index contributed by atoms with van der Waals surface area (Å²) in [4.78, 5) is 18.3. The number of rotatable bonds is 12. The second kappa shape index (κ2) is 15.9. The molecule has 5 N–H and O–H groups in total. The molecule has 1 amide bonds. The number of hydrogen-bond donors (Lipinski definition) is 4. The molecular formula is C31H37ClFN5O5. The molecule has 2 heterocycles. The van der Waals surface area contributed by atoms with E-state index < -0.39 is 11.7 Å². The molecule has 10 nitrogen and oxygen atoms in total. The molecule has 4 rings (SSSR count). The van der Waals surface area contributed by atoms with Crippen molar-refractivity contribution >= 4 is 24.1 Å². The van der Waals surface area contributed by atoms with E-state index in [1.54, 1.807) is 29.7 Å². The topological polar surface area (TPSA) is 154 Å². The van der Waals surface area contributed by atoms with E-state index in [0.29, 0.717) is 72.2 Å². The Morgan fingerprint density at radius 2 is 1.84 bits per heavy atom. The fourth-order valence-electron chi connectivity index (χ4n) is 4.98. The van der Waals surface area contributed by atoms with E-state index in [4.69, 9.17) is 25.4 Å². The highest BCUT2D eigenvalue weighted by Gasteiger charge is 2.24. The van der Waals surface area contributed by atoms with Gasteiger partial charge in [0.15, 0.2) is 11.5 Å². The largest absolute Gasteiger partial charge is 0.504 e. The maximum absolute atomic E-state index is 14.9. The van der Waals surface area contributed by atoms with Crippen LogP contribution >= 0.6 is 12.4 Å². The van der Waals surface area contributed by atoms with Gasteiger partial charge in [0, 0.05) is 37.2 Å². The van der Waals surface area contributed by atoms with Gasteiger partial charge in [0.25, 0.3) is 0 Å². The van der Waals surface area contributed by atoms with Crippen molar-refractivity contribution in [1.82, 2.24) is 10.5 Å². The second-order valence-electron chi connectivity index (χ2n) is 10.3. The summed E-state index contributed by atoms with van der Waals surface area (Å²) >= 11 is 0. The number of hydrogen-bond acceptors (Lipinski definition) is 9. The first kappa shape index (κ1) is 33.4. The fourth-order valence-corrected chi connectivity index (χ4v) is 4.98. The van der Waals surface area contributed by atoms with Crippen LogP contribution in [0.4, 0.5) is 10.2 Å². The van der Waals surface area contributed by atoms with E-state index in [1.807, 2.05) is 12.1 Å². The number of nitrogens with zero attached hydrogens (tertiary/aromatic N) is 3. The zero-order valence-corrected chi connectivity index (χ0v) is 24.8. The Labute approximate surface area is 256 Å². The zero-order valence-electron chi connectivity index (χ0n) is 24.0. The number of benzene rings is 2. The van der Waals surface area contributed by atoms with Crippen molar-refractivity contribution in [2.45, 2.75) is 51.0 Å². The smallest absolute Gasteiger partial charge is 0.243 e. The van der Waals surface area contributed by atoms with Crippen molar-refractivity contribution < 1.29 is 29.0 Å². The van der Waals surface area contributed by atoms with Crippen LogP contribution < -0.4 is 25.6 Å². The van der Waals surface area contributed by atoms with Gasteiger partial charge in [-0.25, -0.2) is 14.9 Å². The van der Waals surface area contributed by atoms with E-state index in [0.717, 1.165) is 25.7 Å². The van der Waals surface area contributed by atoms with Gasteiger partial charge in [0.2, 0.25) is 5.91 Å². The van der Waals surface area contributed by atoms with Crippen LogP contribution in [0.25, 0.3) is 22.4 Å². The van der Waals surface area contributed by atoms with Crippen molar-refractivity contribution in [3.8, 4) is 45.7 Å². The molecule has 0 aliphatic carbocycles. The number of phenols is 1. The molecule has 1 fully saturated rings. The zero-order chi connectivity index (χ0) is 30.1. The Balaban J connectivity index is 0.00000506. The minimum atomic E-state index is -0.660. The molecule has 0 unspecified atom stereocenters. The minimum absolute atomic E-state index is 0. The van der Waals surface area contributed by atoms with Crippen LogP contribution in [-0.4, -0.2) is 54.1 Å². The predicted octanol–water partition coefficient (Wildman–Crippen LogP) is 5.32. The van der Waals surface area contributed by atoms with E-state index in [1.165, 1.54) is 19.2 Å². The molecule has 43 heavy (non-hydrogen) atoms. The SMILES string of the molecule is COc1ccc(-c2c(OCCCCCCC(=O)NO)cc(N3CCC(N)CC3)nc2-c2ccc(C#N)c(F)c2)cc1O.Cl. The number of anilines is 1. The number of unbranched alkanes of at least 4 members (excludes halogenated alkanes) is 3. The molecule has 230 valence electrons. The molecule has 12 heteroatoms. The molecule has 0 radical (unpaired) electrons. The number of aromatic hydroxyl groups is 1. The highest BCUT2D eigenvalue weighted by atomic mass is 35.5. The van der Waals surface area contributed by atoms with Gasteiger partial charge < -0.3 is 25.2 Å². The summed E-state index contributed by atoms with van der Waals surface area (Å²) < 4.78 is 26.4. The molecule has 3 aromatic rings. The Morgan fingerprint density at radius 1 is 1.12 bits per heavy atom. The Morgan fingerprint density at radius 3 is 2.49 bits per heavy atom. The highest BCUT2D eigenvalue weighted by molar-refractivity contribution is 5.88. The third-order valence-electron chi connectivity index (χ3n) is 7.34. The van der Waals surface area contributed by atoms with Crippen molar-refractivity contribution in [3.05, 3.63) is 53.8 Å². The first-order chi connectivity index (χ1) is 20.3. The summed E-state index contributed by atoms with van der Waals surface area (Å²) in [5.74, 6) is 0.336. The Kier molecular flexibility index (Phi) is 12.4. The average molecular weight is 614 g/mol. The number of halogens is 2. The maximum Gasteiger partial charge on any atom is 0.243 e. The Bertz CT molecular complexity index is 1440. The van der Waals surface area contributed by atoms with Crippen LogP contribution in [0.1, 0.15) is 50.5 Å². The van der Waals surface area contributed by atoms with Crippen LogP contribution in [-0.2, 0) is 4.79 Å². The number of piperidine rings is 1. The lowest BCUT2D eigenvalue weighted by Gasteiger charge is -2.32. The van der Waals surface area contributed by atoms with Gasteiger partial charge in [0.05, 0.1) is 30.5 Å². The number of nitriles is 1. The molecule has 0 saturated carbocycles. The van der Waals surface area contributed by atoms with Crippen molar-refractivity contribution in [3.63, 3.8) is 0 Å². The van der Waals surface area contributed by atoms with Crippen LogP contribution in [0.2, 0.25) is 0 Å². The van der Waals surface area contributed by atoms with Crippen LogP contribution in [0.15, 0.2) is 42.5 Å². The first-order valence-corrected chi connectivity index (χ1v) is 14.0. The number of amides is 1. The lowest BCUT2D eigenvalue weighted by molar-refractivity contribution is -0.129. The number of phenolic OH excluding ortho intramolecular Hbond substituents is 1. The van der Waals surface area contributed by atoms with Gasteiger partial charge in [-0.05, 0) is 55.5 Å². The van der Waals surface area contributed by atoms with Gasteiger partial charge in [-0.15, -0.1) is 12.4 Å². The third kappa shape index (κ3) is 8.47. The van der Waals surface area contributed by atoms with E-state index >= 15 is 0 Å². The summed E-state index contributed by atoms with van der Waals surface area (Å²) in [5, 5.41) is 28.5. The number of pyridine rings is 1. The van der Waals surface area contributed by atoms with Crippen LogP contribution in [0.3, 0.4) is 0 Å². The quantitative estimate of drug-likeness (QED) is 0.121. The number of nitrogens with one attached hydrogen (secondary N) is 1. The summed E-state index contributed by atoms with van der Waals surface area (Å²) in [5.41, 5.74) is 9.77. The van der Waals surface area contributed by atoms with E-state index in [-0.39, 0.29) is 36.2 Å². The molecular weight excluding hydrogens is 577 g/mol. The standard InChI is InChI=1S/C31H36FN5O5.ClH/c1-41-26-10-9-20(17-25(26)38)30-27(42-15-5-3-2-4-6-29(39)36-40)18-28(37-13-11-23(34)12-14-37)35-31(30)21-7-8-22(19-33)24(32)16-21;/h7-10,16-18,23,38,40H,2-6,11-15,34H2,1H3,(H,36,39);1H. The molecule has 1 aromatic heterocycles. The monoisotopic (exact) mass is 613 g/mol. The number of ether oxygens (including phenoxy) is 2. The molecule has 1 aliphatic rings. The van der Waals surface area contributed by atoms with Crippen molar-refractivity contribution in [1.29, 1.82) is 5.26 Å². The van der Waals surface area contributed by atoms with Gasteiger partial charge in [-0.3, -0.25) is 10.0 Å². The molecule has 0 bridgehead atoms. The normalized spacial score (nSPS) is 13.1. The molecule has 1 saturated heterocycles. The lowest BCUT2D eigenvalue weighted by Crippen LogP contribution is -2.40. The number of hydroxylamine groups is 1. The van der Waals surface area contributed by atoms with Crippen LogP contribution in [0, 0.1) is 17.1 Å². The average Bonchev–Trinajstić information content (AvgIpc) is 3.00. The number of aromatic nitrogens is 1. The Hall–Kier alpha value is -4.11. The molecule has 0 spiro atoms. The van der Waals surface area contributed by atoms with Crippen molar-refractivity contribution in [2.75, 3.05) is 31.7 Å². The minimum Gasteiger partial charge on any atom is -0.504 e. The predicted molar refractivity (Wildman–Crippen MR) is 163 cm³/mol. The summed E-state index contributed by atoms with van der Waals surface area (Å²) in [6.07, 6.45) is 4.83. The van der Waals surface area contributed by atoms with Crippen LogP contribution in [0.5, 0.6) is 17.2 Å². The number of carbonyl (C=O) groups excluding carboxylic acids is 1. The summed E-state index contributed by atoms with van der Waals surface area (Å²) in [6.45, 7) is 1.79. The number of nitrogens with two attached hydrogens (primary N) is 1. The second-order valence-corrected chi connectivity index (χ2v) is 10.3. The van der Waals surface area contributed by atoms with E-state index in [9.17, 15) is 19.6 Å². The highest BCUT2D eigenvalue weighted by Crippen LogP contribution is 2.43. The van der Waals surface area contributed by atoms with Crippen molar-refractivity contribution in [2.24, 2.45) is 5.73 Å². The van der Waals surface area contributed by atoms with Gasteiger partial charge in [0.1, 0.15) is 23.5 Å². The molecule has 2 aromatic carbocycles. The maximum atomic E-state index is 14.9.